The summed E-state index contributed by atoms with van der Waals surface area (Å²) in [4.78, 5) is 20.7. The average Bonchev–Trinajstić information content (AvgIpc) is 3.33. The maximum atomic E-state index is 13.1. The number of rotatable bonds is 6. The maximum absolute atomic E-state index is 13.1. The number of amides is 1. The highest BCUT2D eigenvalue weighted by molar-refractivity contribution is 8.04. The predicted octanol–water partition coefficient (Wildman–Crippen LogP) is 6.32. The number of imidazole rings is 1. The van der Waals surface area contributed by atoms with E-state index in [1.54, 1.807) is 0 Å². The van der Waals surface area contributed by atoms with Gasteiger partial charge in [0.2, 0.25) is 0 Å². The van der Waals surface area contributed by atoms with Crippen molar-refractivity contribution in [1.29, 1.82) is 0 Å². The highest BCUT2D eigenvalue weighted by Crippen LogP contribution is 2.34. The highest BCUT2D eigenvalue weighted by atomic mass is 35.5. The lowest BCUT2D eigenvalue weighted by Crippen LogP contribution is -2.33. The number of benzene rings is 2. The Hall–Kier alpha value is -2.77. The zero-order valence-electron chi connectivity index (χ0n) is 20.4. The Morgan fingerprint density at radius 1 is 0.919 bits per heavy atom. The van der Waals surface area contributed by atoms with Gasteiger partial charge in [-0.15, -0.1) is 24.8 Å². The van der Waals surface area contributed by atoms with Gasteiger partial charge in [0.05, 0.1) is 21.8 Å². The molecule has 8 heteroatoms. The minimum atomic E-state index is -0.0436. The first-order valence-electron chi connectivity index (χ1n) is 12.2. The minimum absolute atomic E-state index is 0. The van der Waals surface area contributed by atoms with Crippen molar-refractivity contribution in [2.24, 2.45) is 0 Å². The van der Waals surface area contributed by atoms with Crippen LogP contribution in [0.2, 0.25) is 0 Å². The zero-order chi connectivity index (χ0) is 23.6. The number of carbonyl (C=O) groups is 1. The summed E-state index contributed by atoms with van der Waals surface area (Å²) in [7, 11) is 0. The molecule has 0 aliphatic carbocycles. The SMILES string of the molecule is Cl.Cl.O=C(NCc1ccccc1CN1CCC(c2ccccc2)CC1)C1=Cc2cnc3cccc(n23)S1. The molecular formula is C29H30Cl2N4OS. The minimum Gasteiger partial charge on any atom is -0.347 e. The predicted molar refractivity (Wildman–Crippen MR) is 156 cm³/mol. The Labute approximate surface area is 234 Å². The number of aromatic nitrogens is 2. The van der Waals surface area contributed by atoms with Gasteiger partial charge in [0.1, 0.15) is 5.65 Å². The Kier molecular flexibility index (Phi) is 8.98. The first kappa shape index (κ1) is 27.3. The van der Waals surface area contributed by atoms with E-state index >= 15 is 0 Å². The number of thioether (sulfide) groups is 1. The van der Waals surface area contributed by atoms with E-state index in [4.69, 9.17) is 0 Å². The van der Waals surface area contributed by atoms with E-state index in [1.165, 1.54) is 41.3 Å². The molecule has 2 aromatic carbocycles. The van der Waals surface area contributed by atoms with Crippen LogP contribution in [0.3, 0.4) is 0 Å². The third-order valence-electron chi connectivity index (χ3n) is 7.05. The van der Waals surface area contributed by atoms with Gasteiger partial charge in [-0.25, -0.2) is 4.98 Å². The molecule has 37 heavy (non-hydrogen) atoms. The van der Waals surface area contributed by atoms with Crippen LogP contribution in [0.4, 0.5) is 0 Å². The summed E-state index contributed by atoms with van der Waals surface area (Å²) in [5.74, 6) is 0.614. The second-order valence-electron chi connectivity index (χ2n) is 9.26. The molecule has 1 fully saturated rings. The summed E-state index contributed by atoms with van der Waals surface area (Å²) < 4.78 is 2.08. The number of likely N-dealkylation sites (tertiary alicyclic amines) is 1. The first-order chi connectivity index (χ1) is 17.2. The molecule has 2 aliphatic heterocycles. The van der Waals surface area contributed by atoms with Crippen LogP contribution in [0.25, 0.3) is 11.7 Å². The number of pyridine rings is 1. The van der Waals surface area contributed by atoms with Gasteiger partial charge in [0.15, 0.2) is 0 Å². The monoisotopic (exact) mass is 552 g/mol. The Morgan fingerprint density at radius 2 is 1.65 bits per heavy atom. The maximum Gasteiger partial charge on any atom is 0.258 e. The van der Waals surface area contributed by atoms with Crippen LogP contribution in [0, 0.1) is 0 Å². The van der Waals surface area contributed by atoms with Crippen LogP contribution in [-0.2, 0) is 17.9 Å². The molecule has 6 rings (SSSR count). The van der Waals surface area contributed by atoms with Crippen LogP contribution >= 0.6 is 36.6 Å². The molecule has 0 bridgehead atoms. The molecule has 0 atom stereocenters. The van der Waals surface area contributed by atoms with Crippen molar-refractivity contribution in [3.05, 3.63) is 106 Å². The van der Waals surface area contributed by atoms with E-state index in [1.807, 2.05) is 30.5 Å². The summed E-state index contributed by atoms with van der Waals surface area (Å²) in [5.41, 5.74) is 5.78. The molecule has 5 nitrogen and oxygen atoms in total. The number of nitrogens with one attached hydrogen (secondary N) is 1. The molecule has 0 unspecified atom stereocenters. The second-order valence-corrected chi connectivity index (χ2v) is 10.3. The van der Waals surface area contributed by atoms with Gasteiger partial charge in [-0.05, 0) is 66.7 Å². The number of nitrogens with zero attached hydrogens (tertiary/aromatic N) is 3. The van der Waals surface area contributed by atoms with Gasteiger partial charge in [0.25, 0.3) is 5.91 Å². The molecule has 1 amide bonds. The Balaban J connectivity index is 0.00000160. The smallest absolute Gasteiger partial charge is 0.258 e. The van der Waals surface area contributed by atoms with Crippen molar-refractivity contribution >= 4 is 54.2 Å². The lowest BCUT2D eigenvalue weighted by atomic mass is 9.89. The van der Waals surface area contributed by atoms with E-state index in [0.29, 0.717) is 17.4 Å². The molecule has 4 heterocycles. The number of halogens is 2. The molecule has 2 aliphatic rings. The van der Waals surface area contributed by atoms with Gasteiger partial charge >= 0.3 is 0 Å². The van der Waals surface area contributed by atoms with Gasteiger partial charge < -0.3 is 5.32 Å². The summed E-state index contributed by atoms with van der Waals surface area (Å²) in [6, 6.07) is 25.3. The molecule has 4 aromatic rings. The fourth-order valence-electron chi connectivity index (χ4n) is 5.14. The van der Waals surface area contributed by atoms with Crippen LogP contribution in [0.15, 0.2) is 88.9 Å². The summed E-state index contributed by atoms with van der Waals surface area (Å²) >= 11 is 1.49. The van der Waals surface area contributed by atoms with Crippen LogP contribution in [-0.4, -0.2) is 33.3 Å². The van der Waals surface area contributed by atoms with E-state index in [9.17, 15) is 4.79 Å². The van der Waals surface area contributed by atoms with E-state index in [0.717, 1.165) is 36.0 Å². The van der Waals surface area contributed by atoms with Gasteiger partial charge in [-0.3, -0.25) is 14.1 Å². The zero-order valence-corrected chi connectivity index (χ0v) is 22.8. The molecule has 1 N–H and O–H groups in total. The normalized spacial score (nSPS) is 15.4. The number of hydrogen-bond acceptors (Lipinski definition) is 4. The Morgan fingerprint density at radius 3 is 2.43 bits per heavy atom. The fourth-order valence-corrected chi connectivity index (χ4v) is 6.14. The second kappa shape index (κ2) is 12.2. The lowest BCUT2D eigenvalue weighted by Gasteiger charge is -2.32. The van der Waals surface area contributed by atoms with Crippen molar-refractivity contribution in [2.45, 2.75) is 36.9 Å². The highest BCUT2D eigenvalue weighted by Gasteiger charge is 2.22. The van der Waals surface area contributed by atoms with Gasteiger partial charge in [-0.1, -0.05) is 72.4 Å². The number of carbonyl (C=O) groups excluding carboxylic acids is 1. The lowest BCUT2D eigenvalue weighted by molar-refractivity contribution is -0.116. The standard InChI is InChI=1S/C29H28N4OS.2ClH/c34-29(26-17-25-19-30-27-11-6-12-28(35-26)33(25)27)31-18-23-9-4-5-10-24(23)20-32-15-13-22(14-16-32)21-7-2-1-3-8-21;;/h1-12,17,19,22H,13-16,18,20H2,(H,31,34);2*1H. The number of piperidine rings is 1. The van der Waals surface area contributed by atoms with Crippen molar-refractivity contribution in [1.82, 2.24) is 19.6 Å². The van der Waals surface area contributed by atoms with Crippen molar-refractivity contribution in [3.63, 3.8) is 0 Å². The summed E-state index contributed by atoms with van der Waals surface area (Å²) in [6.45, 7) is 3.65. The molecule has 0 radical (unpaired) electrons. The summed E-state index contributed by atoms with van der Waals surface area (Å²) in [5, 5.41) is 4.17. The van der Waals surface area contributed by atoms with Gasteiger partial charge in [-0.2, -0.15) is 0 Å². The fraction of sp³-hybridized carbons (Fsp3) is 0.241. The van der Waals surface area contributed by atoms with Crippen molar-refractivity contribution in [3.8, 4) is 0 Å². The van der Waals surface area contributed by atoms with Crippen molar-refractivity contribution in [2.75, 3.05) is 13.1 Å². The molecule has 192 valence electrons. The van der Waals surface area contributed by atoms with E-state index in [2.05, 4.69) is 74.2 Å². The topological polar surface area (TPSA) is 49.6 Å². The largest absolute Gasteiger partial charge is 0.347 e. The van der Waals surface area contributed by atoms with Crippen LogP contribution < -0.4 is 5.32 Å². The molecular weight excluding hydrogens is 523 g/mol. The van der Waals surface area contributed by atoms with Crippen LogP contribution in [0.1, 0.15) is 41.1 Å². The first-order valence-corrected chi connectivity index (χ1v) is 13.0. The third-order valence-corrected chi connectivity index (χ3v) is 8.10. The average molecular weight is 554 g/mol. The molecule has 0 spiro atoms. The third kappa shape index (κ3) is 5.88. The molecule has 0 saturated carbocycles. The molecule has 1 saturated heterocycles. The quantitative estimate of drug-likeness (QED) is 0.304. The Bertz CT molecular complexity index is 1400. The summed E-state index contributed by atoms with van der Waals surface area (Å²) in [6.07, 6.45) is 6.13. The molecule has 2 aromatic heterocycles. The number of hydrogen-bond donors (Lipinski definition) is 1. The van der Waals surface area contributed by atoms with Gasteiger partial charge in [0, 0.05) is 13.1 Å². The van der Waals surface area contributed by atoms with E-state index in [-0.39, 0.29) is 30.7 Å². The van der Waals surface area contributed by atoms with E-state index < -0.39 is 0 Å². The van der Waals surface area contributed by atoms with Crippen molar-refractivity contribution < 1.29 is 4.79 Å². The van der Waals surface area contributed by atoms with Crippen LogP contribution in [0.5, 0.6) is 0 Å².